The monoisotopic (exact) mass is 374 g/mol. The summed E-state index contributed by atoms with van der Waals surface area (Å²) >= 11 is 0. The van der Waals surface area contributed by atoms with Crippen molar-refractivity contribution in [3.8, 4) is 11.5 Å². The van der Waals surface area contributed by atoms with Crippen LogP contribution in [0.3, 0.4) is 0 Å². The quantitative estimate of drug-likeness (QED) is 0.684. The lowest BCUT2D eigenvalue weighted by molar-refractivity contribution is -0.135. The number of carbonyl (C=O) groups is 1. The number of para-hydroxylation sites is 2. The van der Waals surface area contributed by atoms with Crippen molar-refractivity contribution in [1.82, 2.24) is 9.88 Å². The Labute approximate surface area is 164 Å². The molecule has 4 rings (SSSR count). The Bertz CT molecular complexity index is 959. The lowest BCUT2D eigenvalue weighted by Crippen LogP contribution is -2.43. The third-order valence-electron chi connectivity index (χ3n) is 5.02. The van der Waals surface area contributed by atoms with Crippen LogP contribution < -0.4 is 9.47 Å². The molecule has 1 aliphatic heterocycles. The topological polar surface area (TPSA) is 51.7 Å². The number of rotatable bonds is 5. The molecule has 3 aromatic rings. The molecule has 0 saturated heterocycles. The molecule has 1 aliphatic rings. The van der Waals surface area contributed by atoms with Gasteiger partial charge in [-0.15, -0.1) is 0 Å². The third kappa shape index (κ3) is 3.56. The van der Waals surface area contributed by atoms with Crippen LogP contribution in [0.4, 0.5) is 0 Å². The van der Waals surface area contributed by atoms with Gasteiger partial charge in [0.05, 0.1) is 13.2 Å². The van der Waals surface area contributed by atoms with Gasteiger partial charge in [0.15, 0.2) is 18.1 Å². The molecule has 5 heteroatoms. The van der Waals surface area contributed by atoms with E-state index in [-0.39, 0.29) is 18.6 Å². The molecule has 1 amide bonds. The molecule has 0 N–H and O–H groups in total. The van der Waals surface area contributed by atoms with Gasteiger partial charge in [-0.2, -0.15) is 0 Å². The van der Waals surface area contributed by atoms with E-state index in [2.05, 4.69) is 17.1 Å². The predicted molar refractivity (Wildman–Crippen MR) is 106 cm³/mol. The van der Waals surface area contributed by atoms with Crippen molar-refractivity contribution in [3.05, 3.63) is 89.7 Å². The molecule has 2 heterocycles. The lowest BCUT2D eigenvalue weighted by Gasteiger charge is -2.37. The van der Waals surface area contributed by atoms with Gasteiger partial charge < -0.3 is 14.4 Å². The van der Waals surface area contributed by atoms with Gasteiger partial charge in [-0.3, -0.25) is 9.78 Å². The van der Waals surface area contributed by atoms with Crippen LogP contribution in [0.2, 0.25) is 0 Å². The zero-order valence-corrected chi connectivity index (χ0v) is 15.7. The Kier molecular flexibility index (Phi) is 5.24. The van der Waals surface area contributed by atoms with Crippen molar-refractivity contribution in [2.75, 3.05) is 20.3 Å². The Morgan fingerprint density at radius 1 is 1.07 bits per heavy atom. The lowest BCUT2D eigenvalue weighted by atomic mass is 9.89. The molecule has 0 fully saturated rings. The molecule has 2 aromatic carbocycles. The Morgan fingerprint density at radius 2 is 1.86 bits per heavy atom. The highest BCUT2D eigenvalue weighted by Crippen LogP contribution is 2.35. The summed E-state index contributed by atoms with van der Waals surface area (Å²) < 4.78 is 11.1. The zero-order valence-electron chi connectivity index (χ0n) is 15.7. The normalized spacial score (nSPS) is 15.6. The van der Waals surface area contributed by atoms with E-state index in [0.29, 0.717) is 18.0 Å². The van der Waals surface area contributed by atoms with E-state index in [4.69, 9.17) is 9.47 Å². The number of aromatic nitrogens is 1. The summed E-state index contributed by atoms with van der Waals surface area (Å²) in [5.74, 6) is 1.12. The fourth-order valence-electron chi connectivity index (χ4n) is 3.69. The maximum Gasteiger partial charge on any atom is 0.261 e. The first-order valence-corrected chi connectivity index (χ1v) is 9.31. The molecule has 142 valence electrons. The molecule has 1 aromatic heterocycles. The summed E-state index contributed by atoms with van der Waals surface area (Å²) in [5.41, 5.74) is 3.42. The first kappa shape index (κ1) is 18.0. The van der Waals surface area contributed by atoms with Gasteiger partial charge in [0.2, 0.25) is 0 Å². The number of pyridine rings is 1. The number of ether oxygens (including phenoxy) is 2. The van der Waals surface area contributed by atoms with E-state index >= 15 is 0 Å². The molecule has 1 atom stereocenters. The number of fused-ring (bicyclic) bond motifs is 1. The van der Waals surface area contributed by atoms with E-state index in [0.717, 1.165) is 17.5 Å². The molecule has 0 spiro atoms. The van der Waals surface area contributed by atoms with Crippen LogP contribution in [0.15, 0.2) is 73.1 Å². The largest absolute Gasteiger partial charge is 0.493 e. The van der Waals surface area contributed by atoms with Crippen LogP contribution in [-0.2, 0) is 11.2 Å². The zero-order chi connectivity index (χ0) is 19.3. The van der Waals surface area contributed by atoms with Crippen molar-refractivity contribution in [2.45, 2.75) is 12.5 Å². The van der Waals surface area contributed by atoms with Gasteiger partial charge in [0.25, 0.3) is 5.91 Å². The Morgan fingerprint density at radius 3 is 2.64 bits per heavy atom. The highest BCUT2D eigenvalue weighted by Gasteiger charge is 2.32. The third-order valence-corrected chi connectivity index (χ3v) is 5.02. The van der Waals surface area contributed by atoms with Crippen molar-refractivity contribution in [2.24, 2.45) is 0 Å². The first-order chi connectivity index (χ1) is 13.8. The summed E-state index contributed by atoms with van der Waals surface area (Å²) in [6.07, 6.45) is 4.40. The summed E-state index contributed by atoms with van der Waals surface area (Å²) in [5, 5.41) is 0. The average Bonchev–Trinajstić information content (AvgIpc) is 2.77. The number of amides is 1. The Balaban J connectivity index is 1.59. The molecule has 1 unspecified atom stereocenters. The maximum atomic E-state index is 13.1. The van der Waals surface area contributed by atoms with Crippen molar-refractivity contribution < 1.29 is 14.3 Å². The van der Waals surface area contributed by atoms with Crippen LogP contribution in [0.5, 0.6) is 11.5 Å². The molecule has 5 nitrogen and oxygen atoms in total. The van der Waals surface area contributed by atoms with Crippen molar-refractivity contribution in [3.63, 3.8) is 0 Å². The number of benzene rings is 2. The molecule has 0 radical (unpaired) electrons. The fraction of sp³-hybridized carbons (Fsp3) is 0.217. The molecule has 0 saturated carbocycles. The molecular formula is C23H22N2O3. The van der Waals surface area contributed by atoms with Crippen molar-refractivity contribution in [1.29, 1.82) is 0 Å². The summed E-state index contributed by atoms with van der Waals surface area (Å²) in [6.45, 7) is 0.601. The van der Waals surface area contributed by atoms with Gasteiger partial charge >= 0.3 is 0 Å². The van der Waals surface area contributed by atoms with E-state index in [1.807, 2.05) is 53.6 Å². The van der Waals surface area contributed by atoms with Crippen LogP contribution >= 0.6 is 0 Å². The number of methoxy groups -OCH3 is 1. The van der Waals surface area contributed by atoms with Gasteiger partial charge in [-0.25, -0.2) is 0 Å². The second kappa shape index (κ2) is 8.13. The summed E-state index contributed by atoms with van der Waals surface area (Å²) in [4.78, 5) is 19.2. The van der Waals surface area contributed by atoms with E-state index < -0.39 is 0 Å². The van der Waals surface area contributed by atoms with Crippen LogP contribution in [-0.4, -0.2) is 36.1 Å². The van der Waals surface area contributed by atoms with E-state index in [1.165, 1.54) is 5.56 Å². The van der Waals surface area contributed by atoms with Gasteiger partial charge in [0.1, 0.15) is 0 Å². The molecular weight excluding hydrogens is 352 g/mol. The number of hydrogen-bond acceptors (Lipinski definition) is 4. The summed E-state index contributed by atoms with van der Waals surface area (Å²) in [6, 6.07) is 19.4. The van der Waals surface area contributed by atoms with Crippen molar-refractivity contribution >= 4 is 5.91 Å². The highest BCUT2D eigenvalue weighted by molar-refractivity contribution is 5.79. The van der Waals surface area contributed by atoms with Crippen LogP contribution in [0.1, 0.15) is 22.7 Å². The molecule has 28 heavy (non-hydrogen) atoms. The Hall–Kier alpha value is -3.34. The van der Waals surface area contributed by atoms with Gasteiger partial charge in [0, 0.05) is 18.9 Å². The second-order valence-corrected chi connectivity index (χ2v) is 6.66. The molecule has 0 bridgehead atoms. The predicted octanol–water partition coefficient (Wildman–Crippen LogP) is 3.64. The minimum Gasteiger partial charge on any atom is -0.493 e. The summed E-state index contributed by atoms with van der Waals surface area (Å²) in [7, 11) is 1.59. The smallest absolute Gasteiger partial charge is 0.261 e. The fourth-order valence-corrected chi connectivity index (χ4v) is 3.69. The number of nitrogens with zero attached hydrogens (tertiary/aromatic N) is 2. The van der Waals surface area contributed by atoms with E-state index in [1.54, 1.807) is 19.4 Å². The van der Waals surface area contributed by atoms with Crippen LogP contribution in [0, 0.1) is 0 Å². The highest BCUT2D eigenvalue weighted by atomic mass is 16.5. The minimum atomic E-state index is -0.160. The van der Waals surface area contributed by atoms with E-state index in [9.17, 15) is 4.79 Å². The standard InChI is InChI=1S/C23H22N2O3/c1-27-20-10-4-5-11-21(20)28-16-22(26)25-14-12-17-7-2-3-9-19(17)23(25)18-8-6-13-24-15-18/h2-11,13,15,23H,12,14,16H2,1H3. The number of carbonyl (C=O) groups excluding carboxylic acids is 1. The second-order valence-electron chi connectivity index (χ2n) is 6.66. The van der Waals surface area contributed by atoms with Gasteiger partial charge in [-0.1, -0.05) is 42.5 Å². The number of hydrogen-bond donors (Lipinski definition) is 0. The molecule has 0 aliphatic carbocycles. The maximum absolute atomic E-state index is 13.1. The van der Waals surface area contributed by atoms with Crippen LogP contribution in [0.25, 0.3) is 0 Å². The van der Waals surface area contributed by atoms with Gasteiger partial charge in [-0.05, 0) is 41.3 Å². The SMILES string of the molecule is COc1ccccc1OCC(=O)N1CCc2ccccc2C1c1cccnc1. The minimum absolute atomic E-state index is 0.0424. The first-order valence-electron chi connectivity index (χ1n) is 9.31. The average molecular weight is 374 g/mol.